The third-order valence-corrected chi connectivity index (χ3v) is 3.99. The Bertz CT molecular complexity index is 1140. The number of nitrogens with zero attached hydrogens (tertiary/aromatic N) is 3. The zero-order valence-electron chi connectivity index (χ0n) is 16.2. The topological polar surface area (TPSA) is 132 Å². The number of carbonyl (C=O) groups excluding carboxylic acids is 2. The quantitative estimate of drug-likeness (QED) is 0.332. The lowest BCUT2D eigenvalue weighted by Gasteiger charge is -2.07. The molecule has 0 aliphatic heterocycles. The molecule has 0 heterocycles. The van der Waals surface area contributed by atoms with Crippen molar-refractivity contribution in [3.63, 3.8) is 0 Å². The molecule has 0 atom stereocenters. The van der Waals surface area contributed by atoms with Gasteiger partial charge in [-0.3, -0.25) is 14.9 Å². The van der Waals surface area contributed by atoms with E-state index in [2.05, 4.69) is 15.7 Å². The van der Waals surface area contributed by atoms with Gasteiger partial charge in [-0.05, 0) is 48.5 Å². The van der Waals surface area contributed by atoms with Crippen molar-refractivity contribution >= 4 is 28.9 Å². The predicted molar refractivity (Wildman–Crippen MR) is 110 cm³/mol. The number of rotatable bonds is 7. The smallest absolute Gasteiger partial charge is 0.362 e. The Morgan fingerprint density at radius 1 is 0.968 bits per heavy atom. The minimum Gasteiger partial charge on any atom is -0.497 e. The van der Waals surface area contributed by atoms with Crippen molar-refractivity contribution in [2.45, 2.75) is 0 Å². The molecule has 0 spiro atoms. The highest BCUT2D eigenvalue weighted by atomic mass is 16.7. The number of methoxy groups -OCH3 is 1. The first-order valence-electron chi connectivity index (χ1n) is 8.88. The van der Waals surface area contributed by atoms with Crippen LogP contribution in [0.1, 0.15) is 20.7 Å². The third-order valence-electron chi connectivity index (χ3n) is 3.99. The number of benzene rings is 3. The molecule has 10 nitrogen and oxygen atoms in total. The first-order chi connectivity index (χ1) is 15.0. The molecule has 0 saturated carbocycles. The van der Waals surface area contributed by atoms with E-state index in [-0.39, 0.29) is 11.3 Å². The van der Waals surface area contributed by atoms with Gasteiger partial charge in [-0.15, -0.1) is 10.2 Å². The van der Waals surface area contributed by atoms with E-state index in [0.717, 1.165) is 6.07 Å². The summed E-state index contributed by atoms with van der Waals surface area (Å²) >= 11 is 0. The second-order valence-corrected chi connectivity index (χ2v) is 6.08. The molecule has 3 rings (SSSR count). The van der Waals surface area contributed by atoms with E-state index >= 15 is 0 Å². The Balaban J connectivity index is 1.58. The van der Waals surface area contributed by atoms with E-state index in [4.69, 9.17) is 9.57 Å². The normalized spacial score (nSPS) is 10.5. The highest BCUT2D eigenvalue weighted by molar-refractivity contribution is 5.95. The molecule has 0 bridgehead atoms. The summed E-state index contributed by atoms with van der Waals surface area (Å²) in [6.07, 6.45) is 0. The number of azo groups is 1. The van der Waals surface area contributed by atoms with E-state index < -0.39 is 16.8 Å². The van der Waals surface area contributed by atoms with Gasteiger partial charge < -0.3 is 9.57 Å². The van der Waals surface area contributed by atoms with Crippen LogP contribution in [0, 0.1) is 10.1 Å². The van der Waals surface area contributed by atoms with Gasteiger partial charge in [0, 0.05) is 12.1 Å². The molecule has 0 fully saturated rings. The van der Waals surface area contributed by atoms with Crippen LogP contribution < -0.4 is 10.2 Å². The molecule has 0 radical (unpaired) electrons. The number of amides is 1. The summed E-state index contributed by atoms with van der Waals surface area (Å²) in [5.74, 6) is -0.771. The molecule has 1 amide bonds. The lowest BCUT2D eigenvalue weighted by Crippen LogP contribution is -2.10. The number of hydrogen-bond acceptors (Lipinski definition) is 8. The monoisotopic (exact) mass is 420 g/mol. The minimum atomic E-state index is -0.710. The van der Waals surface area contributed by atoms with Crippen LogP contribution >= 0.6 is 0 Å². The van der Waals surface area contributed by atoms with Crippen LogP contribution in [0.2, 0.25) is 0 Å². The van der Waals surface area contributed by atoms with Crippen molar-refractivity contribution in [3.05, 3.63) is 94.0 Å². The average molecular weight is 420 g/mol. The number of nitro groups is 1. The molecule has 3 aromatic rings. The average Bonchev–Trinajstić information content (AvgIpc) is 2.81. The number of nitro benzene ring substituents is 1. The SMILES string of the molecule is COc1cccc(C(=O)ONc2ccc(N=NC(=O)c3cccc([N+](=O)[O-])c3)cc2)c1. The summed E-state index contributed by atoms with van der Waals surface area (Å²) in [6.45, 7) is 0. The first kappa shape index (κ1) is 21.1. The van der Waals surface area contributed by atoms with Crippen molar-refractivity contribution in [2.75, 3.05) is 12.6 Å². The largest absolute Gasteiger partial charge is 0.497 e. The Hall–Kier alpha value is -4.60. The second kappa shape index (κ2) is 9.74. The lowest BCUT2D eigenvalue weighted by molar-refractivity contribution is -0.384. The van der Waals surface area contributed by atoms with Crippen LogP contribution in [0.15, 0.2) is 83.0 Å². The van der Waals surface area contributed by atoms with Crippen LogP contribution in [0.25, 0.3) is 0 Å². The van der Waals surface area contributed by atoms with Gasteiger partial charge in [-0.1, -0.05) is 12.1 Å². The Labute approximate surface area is 176 Å². The zero-order valence-corrected chi connectivity index (χ0v) is 16.2. The summed E-state index contributed by atoms with van der Waals surface area (Å²) < 4.78 is 5.06. The summed E-state index contributed by atoms with van der Waals surface area (Å²) in [5.41, 5.74) is 3.52. The van der Waals surface area contributed by atoms with E-state index in [0.29, 0.717) is 22.7 Å². The van der Waals surface area contributed by atoms with E-state index in [1.165, 1.54) is 25.3 Å². The van der Waals surface area contributed by atoms with Gasteiger partial charge in [0.25, 0.3) is 11.6 Å². The molecule has 10 heteroatoms. The zero-order chi connectivity index (χ0) is 22.2. The van der Waals surface area contributed by atoms with Crippen LogP contribution in [0.3, 0.4) is 0 Å². The van der Waals surface area contributed by atoms with Gasteiger partial charge >= 0.3 is 5.97 Å². The lowest BCUT2D eigenvalue weighted by atomic mass is 10.2. The molecule has 156 valence electrons. The highest BCUT2D eigenvalue weighted by Gasteiger charge is 2.11. The first-order valence-corrected chi connectivity index (χ1v) is 8.88. The number of hydrogen-bond donors (Lipinski definition) is 1. The van der Waals surface area contributed by atoms with Gasteiger partial charge in [-0.25, -0.2) is 10.3 Å². The van der Waals surface area contributed by atoms with Gasteiger partial charge in [0.1, 0.15) is 5.75 Å². The Kier molecular flexibility index (Phi) is 6.64. The van der Waals surface area contributed by atoms with Gasteiger partial charge in [-0.2, -0.15) is 0 Å². The number of carbonyl (C=O) groups is 2. The molecule has 31 heavy (non-hydrogen) atoms. The molecule has 0 saturated heterocycles. The fourth-order valence-electron chi connectivity index (χ4n) is 2.42. The number of anilines is 1. The maximum Gasteiger partial charge on any atom is 0.362 e. The fourth-order valence-corrected chi connectivity index (χ4v) is 2.42. The Morgan fingerprint density at radius 2 is 1.68 bits per heavy atom. The molecule has 0 aromatic heterocycles. The summed E-state index contributed by atoms with van der Waals surface area (Å²) in [6, 6.07) is 18.0. The molecule has 0 unspecified atom stereocenters. The number of nitrogens with one attached hydrogen (secondary N) is 1. The van der Waals surface area contributed by atoms with Crippen LogP contribution in [0.5, 0.6) is 5.75 Å². The standard InChI is InChI=1S/C21H16N4O6/c1-30-19-7-3-5-15(13-19)21(27)31-24-17-10-8-16(9-11-17)22-23-20(26)14-4-2-6-18(12-14)25(28)29/h2-13,24H,1H3. The summed E-state index contributed by atoms with van der Waals surface area (Å²) in [7, 11) is 1.50. The fraction of sp³-hybridized carbons (Fsp3) is 0.0476. The Morgan fingerprint density at radius 3 is 2.39 bits per heavy atom. The van der Waals surface area contributed by atoms with Crippen LogP contribution in [0.4, 0.5) is 17.1 Å². The molecule has 0 aliphatic rings. The maximum atomic E-state index is 12.1. The molecular weight excluding hydrogens is 404 g/mol. The highest BCUT2D eigenvalue weighted by Crippen LogP contribution is 2.19. The van der Waals surface area contributed by atoms with Crippen molar-refractivity contribution in [1.82, 2.24) is 0 Å². The molecular formula is C21H16N4O6. The maximum absolute atomic E-state index is 12.1. The minimum absolute atomic E-state index is 0.0562. The van der Waals surface area contributed by atoms with Gasteiger partial charge in [0.2, 0.25) is 0 Å². The molecule has 0 aliphatic carbocycles. The van der Waals surface area contributed by atoms with E-state index in [9.17, 15) is 19.7 Å². The van der Waals surface area contributed by atoms with Gasteiger partial charge in [0.05, 0.1) is 34.5 Å². The van der Waals surface area contributed by atoms with Crippen molar-refractivity contribution in [3.8, 4) is 5.75 Å². The van der Waals surface area contributed by atoms with E-state index in [1.807, 2.05) is 0 Å². The van der Waals surface area contributed by atoms with Crippen LogP contribution in [-0.4, -0.2) is 23.9 Å². The third kappa shape index (κ3) is 5.70. The number of non-ortho nitro benzene ring substituents is 1. The molecule has 1 N–H and O–H groups in total. The van der Waals surface area contributed by atoms with Gasteiger partial charge in [0.15, 0.2) is 0 Å². The van der Waals surface area contributed by atoms with Crippen molar-refractivity contribution < 1.29 is 24.1 Å². The van der Waals surface area contributed by atoms with Crippen molar-refractivity contribution in [2.24, 2.45) is 10.2 Å². The van der Waals surface area contributed by atoms with Crippen molar-refractivity contribution in [1.29, 1.82) is 0 Å². The van der Waals surface area contributed by atoms with E-state index in [1.54, 1.807) is 48.5 Å². The summed E-state index contributed by atoms with van der Waals surface area (Å²) in [5, 5.41) is 18.2. The summed E-state index contributed by atoms with van der Waals surface area (Å²) in [4.78, 5) is 39.4. The molecule has 3 aromatic carbocycles. The second-order valence-electron chi connectivity index (χ2n) is 6.08. The predicted octanol–water partition coefficient (Wildman–Crippen LogP) is 4.71. The van der Waals surface area contributed by atoms with Crippen LogP contribution in [-0.2, 0) is 4.84 Å². The number of ether oxygens (including phenoxy) is 1.